The summed E-state index contributed by atoms with van der Waals surface area (Å²) in [5, 5.41) is 4.05. The van der Waals surface area contributed by atoms with Gasteiger partial charge in [-0.05, 0) is 43.5 Å². The fourth-order valence-electron chi connectivity index (χ4n) is 2.19. The van der Waals surface area contributed by atoms with Crippen LogP contribution in [0.1, 0.15) is 31.2 Å². The largest absolute Gasteiger partial charge is 0.378 e. The molecule has 3 nitrogen and oxygen atoms in total. The van der Waals surface area contributed by atoms with E-state index in [-0.39, 0.29) is 0 Å². The first-order chi connectivity index (χ1) is 8.81. The molecule has 1 aromatic rings. The van der Waals surface area contributed by atoms with Crippen LogP contribution in [0.25, 0.3) is 0 Å². The van der Waals surface area contributed by atoms with E-state index in [4.69, 9.17) is 17.3 Å². The maximum atomic E-state index is 6.24. The number of nitrogens with two attached hydrogens (primary N) is 1. The van der Waals surface area contributed by atoms with Gasteiger partial charge in [-0.3, -0.25) is 4.99 Å². The fraction of sp³-hybridized carbons (Fsp3) is 0.500. The lowest BCUT2D eigenvalue weighted by Gasteiger charge is -2.15. The molecular formula is C14H20ClN3. The lowest BCUT2D eigenvalue weighted by Crippen LogP contribution is -2.07. The maximum absolute atomic E-state index is 6.24. The molecule has 18 heavy (non-hydrogen) atoms. The van der Waals surface area contributed by atoms with Crippen molar-refractivity contribution in [2.75, 3.05) is 18.4 Å². The molecule has 0 unspecified atom stereocenters. The molecule has 0 amide bonds. The first-order valence-electron chi connectivity index (χ1n) is 6.60. The number of nitrogens with one attached hydrogen (secondary N) is 1. The predicted octanol–water partition coefficient (Wildman–Crippen LogP) is 3.53. The van der Waals surface area contributed by atoms with Gasteiger partial charge in [-0.1, -0.05) is 24.4 Å². The maximum Gasteiger partial charge on any atom is 0.104 e. The predicted molar refractivity (Wildman–Crippen MR) is 79.3 cm³/mol. The second-order valence-electron chi connectivity index (χ2n) is 4.62. The third kappa shape index (κ3) is 3.47. The Bertz CT molecular complexity index is 429. The molecule has 2 rings (SSSR count). The van der Waals surface area contributed by atoms with Gasteiger partial charge in [0.2, 0.25) is 0 Å². The van der Waals surface area contributed by atoms with Crippen LogP contribution < -0.4 is 11.1 Å². The molecule has 0 aromatic heterocycles. The normalized spacial score (nSPS) is 13.2. The van der Waals surface area contributed by atoms with Crippen LogP contribution in [0.2, 0.25) is 5.02 Å². The van der Waals surface area contributed by atoms with Gasteiger partial charge in [-0.15, -0.1) is 0 Å². The zero-order chi connectivity index (χ0) is 12.8. The minimum atomic E-state index is 0.743. The number of nitrogens with zero attached hydrogens (tertiary/aromatic N) is 1. The third-order valence-electron chi connectivity index (χ3n) is 3.15. The summed E-state index contributed by atoms with van der Waals surface area (Å²) < 4.78 is 0. The highest BCUT2D eigenvalue weighted by molar-refractivity contribution is 6.34. The van der Waals surface area contributed by atoms with Gasteiger partial charge in [0.1, 0.15) is 5.69 Å². The zero-order valence-corrected chi connectivity index (χ0v) is 11.3. The topological polar surface area (TPSA) is 50.4 Å². The van der Waals surface area contributed by atoms with Crippen LogP contribution in [-0.2, 0) is 6.42 Å². The summed E-state index contributed by atoms with van der Waals surface area (Å²) in [5.41, 5.74) is 8.69. The number of hydrogen-bond acceptors (Lipinski definition) is 3. The summed E-state index contributed by atoms with van der Waals surface area (Å²) in [5.74, 6) is 0. The Labute approximate surface area is 113 Å². The molecule has 1 heterocycles. The van der Waals surface area contributed by atoms with Gasteiger partial charge in [0.15, 0.2) is 0 Å². The summed E-state index contributed by atoms with van der Waals surface area (Å²) in [6.07, 6.45) is 7.69. The van der Waals surface area contributed by atoms with Gasteiger partial charge in [0, 0.05) is 6.21 Å². The molecule has 0 saturated carbocycles. The molecule has 1 aliphatic heterocycles. The Kier molecular flexibility index (Phi) is 5.02. The van der Waals surface area contributed by atoms with Crippen molar-refractivity contribution in [3.8, 4) is 0 Å². The number of rotatable bonds is 6. The van der Waals surface area contributed by atoms with Gasteiger partial charge in [-0.25, -0.2) is 0 Å². The molecule has 0 spiro atoms. The molecule has 98 valence electrons. The van der Waals surface area contributed by atoms with E-state index in [0.29, 0.717) is 0 Å². The second kappa shape index (κ2) is 6.76. The first kappa shape index (κ1) is 13.4. The van der Waals surface area contributed by atoms with Gasteiger partial charge < -0.3 is 11.1 Å². The van der Waals surface area contributed by atoms with Crippen molar-refractivity contribution in [1.82, 2.24) is 0 Å². The minimum Gasteiger partial charge on any atom is -0.378 e. The fourth-order valence-corrected chi connectivity index (χ4v) is 2.48. The highest BCUT2D eigenvalue weighted by Crippen LogP contribution is 2.36. The Morgan fingerprint density at radius 3 is 2.89 bits per heavy atom. The Balaban J connectivity index is 1.93. The van der Waals surface area contributed by atoms with Crippen molar-refractivity contribution in [2.24, 2.45) is 10.7 Å². The third-order valence-corrected chi connectivity index (χ3v) is 3.44. The number of hydrogen-bond donors (Lipinski definition) is 2. The lowest BCUT2D eigenvalue weighted by molar-refractivity contribution is 0.647. The van der Waals surface area contributed by atoms with Crippen molar-refractivity contribution < 1.29 is 0 Å². The molecular weight excluding hydrogens is 246 g/mol. The van der Waals surface area contributed by atoms with E-state index in [2.05, 4.69) is 16.4 Å². The number of benzene rings is 1. The summed E-state index contributed by atoms with van der Waals surface area (Å²) in [7, 11) is 0. The minimum absolute atomic E-state index is 0.743. The molecule has 0 aliphatic carbocycles. The molecule has 0 saturated heterocycles. The Hall–Kier alpha value is -1.06. The van der Waals surface area contributed by atoms with Crippen molar-refractivity contribution in [1.29, 1.82) is 0 Å². The van der Waals surface area contributed by atoms with E-state index < -0.39 is 0 Å². The van der Waals surface area contributed by atoms with Crippen LogP contribution in [0.5, 0.6) is 0 Å². The Morgan fingerprint density at radius 2 is 2.06 bits per heavy atom. The quantitative estimate of drug-likeness (QED) is 0.773. The number of fused-ring (bicyclic) bond motifs is 1. The molecule has 0 radical (unpaired) electrons. The highest BCUT2D eigenvalue weighted by atomic mass is 35.5. The molecule has 0 bridgehead atoms. The zero-order valence-electron chi connectivity index (χ0n) is 10.6. The summed E-state index contributed by atoms with van der Waals surface area (Å²) in [6, 6.07) is 4.20. The van der Waals surface area contributed by atoms with Crippen molar-refractivity contribution in [3.63, 3.8) is 0 Å². The Morgan fingerprint density at radius 1 is 1.22 bits per heavy atom. The summed E-state index contributed by atoms with van der Waals surface area (Å²) in [4.78, 5) is 4.32. The van der Waals surface area contributed by atoms with Crippen molar-refractivity contribution in [3.05, 3.63) is 22.7 Å². The van der Waals surface area contributed by atoms with Crippen molar-refractivity contribution in [2.45, 2.75) is 32.1 Å². The molecule has 4 heteroatoms. The first-order valence-corrected chi connectivity index (χ1v) is 6.98. The van der Waals surface area contributed by atoms with Crippen molar-refractivity contribution >= 4 is 29.2 Å². The lowest BCUT2D eigenvalue weighted by atomic mass is 10.0. The molecule has 1 aliphatic rings. The number of halogens is 1. The van der Waals surface area contributed by atoms with E-state index in [9.17, 15) is 0 Å². The van der Waals surface area contributed by atoms with Crippen LogP contribution in [0.3, 0.4) is 0 Å². The van der Waals surface area contributed by atoms with Gasteiger partial charge >= 0.3 is 0 Å². The molecule has 0 fully saturated rings. The van der Waals surface area contributed by atoms with Crippen LogP contribution in [0.4, 0.5) is 11.4 Å². The van der Waals surface area contributed by atoms with E-state index in [1.165, 1.54) is 24.8 Å². The SMILES string of the molecule is NCCCCCCc1cc(Cl)c2c(c1)NCC=N2. The van der Waals surface area contributed by atoms with Gasteiger partial charge in [0.25, 0.3) is 0 Å². The van der Waals surface area contributed by atoms with E-state index in [0.717, 1.165) is 42.3 Å². The van der Waals surface area contributed by atoms with Gasteiger partial charge in [0.05, 0.1) is 17.3 Å². The van der Waals surface area contributed by atoms with E-state index >= 15 is 0 Å². The monoisotopic (exact) mass is 265 g/mol. The molecule has 0 atom stereocenters. The van der Waals surface area contributed by atoms with Crippen LogP contribution in [0, 0.1) is 0 Å². The standard InChI is InChI=1S/C14H20ClN3/c15-12-9-11(5-3-1-2-4-6-16)10-13-14(12)18-8-7-17-13/h8-10,17H,1-7,16H2. The molecule has 1 aromatic carbocycles. The highest BCUT2D eigenvalue weighted by Gasteiger charge is 2.10. The molecule has 3 N–H and O–H groups in total. The number of aryl methyl sites for hydroxylation is 1. The average molecular weight is 266 g/mol. The smallest absolute Gasteiger partial charge is 0.104 e. The van der Waals surface area contributed by atoms with Gasteiger partial charge in [-0.2, -0.15) is 0 Å². The van der Waals surface area contributed by atoms with E-state index in [1.54, 1.807) is 0 Å². The number of unbranched alkanes of at least 4 members (excludes halogenated alkanes) is 3. The van der Waals surface area contributed by atoms with Crippen LogP contribution >= 0.6 is 11.6 Å². The van der Waals surface area contributed by atoms with Crippen LogP contribution in [0.15, 0.2) is 17.1 Å². The van der Waals surface area contributed by atoms with E-state index in [1.807, 2.05) is 12.3 Å². The average Bonchev–Trinajstić information content (AvgIpc) is 2.39. The number of anilines is 1. The summed E-state index contributed by atoms with van der Waals surface area (Å²) >= 11 is 6.24. The second-order valence-corrected chi connectivity index (χ2v) is 5.03. The number of aliphatic imine (C=N–C) groups is 1. The van der Waals surface area contributed by atoms with Crippen LogP contribution in [-0.4, -0.2) is 19.3 Å². The summed E-state index contributed by atoms with van der Waals surface area (Å²) in [6.45, 7) is 1.58.